The minimum Gasteiger partial charge on any atom is -0.390 e. The molecule has 1 rings (SSSR count). The van der Waals surface area contributed by atoms with E-state index in [1.54, 1.807) is 0 Å². The standard InChI is InChI=1S/C19H28N4O/c1-5-16-7-9-17(10-8-16)15(2)22-19(24)18(13-20)14-21-11-6-12-23(3)4/h7-10,14-15,21H,5-6,11-12H2,1-4H3,(H,22,24)/b18-14-. The highest BCUT2D eigenvalue weighted by atomic mass is 16.1. The number of hydrogen-bond acceptors (Lipinski definition) is 4. The molecule has 1 atom stereocenters. The van der Waals surface area contributed by atoms with E-state index in [-0.39, 0.29) is 17.5 Å². The molecule has 130 valence electrons. The molecular weight excluding hydrogens is 300 g/mol. The zero-order valence-electron chi connectivity index (χ0n) is 15.1. The zero-order chi connectivity index (χ0) is 17.9. The Balaban J connectivity index is 2.54. The molecule has 24 heavy (non-hydrogen) atoms. The van der Waals surface area contributed by atoms with E-state index in [4.69, 9.17) is 5.26 Å². The number of amides is 1. The van der Waals surface area contributed by atoms with Crippen molar-refractivity contribution in [2.24, 2.45) is 0 Å². The molecule has 2 N–H and O–H groups in total. The van der Waals surface area contributed by atoms with Crippen LogP contribution in [0.5, 0.6) is 0 Å². The Kier molecular flexibility index (Phi) is 8.59. The lowest BCUT2D eigenvalue weighted by Crippen LogP contribution is -2.28. The van der Waals surface area contributed by atoms with Gasteiger partial charge in [0.15, 0.2) is 0 Å². The van der Waals surface area contributed by atoms with Gasteiger partial charge in [0, 0.05) is 12.7 Å². The van der Waals surface area contributed by atoms with E-state index in [1.807, 2.05) is 39.2 Å². The van der Waals surface area contributed by atoms with Crippen LogP contribution in [0.2, 0.25) is 0 Å². The predicted octanol–water partition coefficient (Wildman–Crippen LogP) is 2.37. The largest absolute Gasteiger partial charge is 0.390 e. The topological polar surface area (TPSA) is 68.2 Å². The van der Waals surface area contributed by atoms with E-state index < -0.39 is 0 Å². The second-order valence-corrected chi connectivity index (χ2v) is 6.07. The molecule has 0 radical (unpaired) electrons. The first-order chi connectivity index (χ1) is 11.5. The van der Waals surface area contributed by atoms with Gasteiger partial charge in [0.05, 0.1) is 6.04 Å². The number of aryl methyl sites for hydroxylation is 1. The summed E-state index contributed by atoms with van der Waals surface area (Å²) in [5.41, 5.74) is 2.38. The van der Waals surface area contributed by atoms with Crippen molar-refractivity contribution in [1.29, 1.82) is 5.26 Å². The van der Waals surface area contributed by atoms with Crippen LogP contribution in [0.15, 0.2) is 36.0 Å². The van der Waals surface area contributed by atoms with E-state index in [9.17, 15) is 4.79 Å². The van der Waals surface area contributed by atoms with Gasteiger partial charge in [0.1, 0.15) is 11.6 Å². The van der Waals surface area contributed by atoms with Crippen molar-refractivity contribution < 1.29 is 4.79 Å². The molecule has 1 amide bonds. The molecule has 0 bridgehead atoms. The molecule has 0 aliphatic rings. The maximum atomic E-state index is 12.2. The Hall–Kier alpha value is -2.32. The molecule has 0 aliphatic heterocycles. The molecule has 5 heteroatoms. The third kappa shape index (κ3) is 6.84. The van der Waals surface area contributed by atoms with Crippen LogP contribution in [-0.2, 0) is 11.2 Å². The van der Waals surface area contributed by atoms with E-state index in [2.05, 4.69) is 34.6 Å². The number of benzene rings is 1. The van der Waals surface area contributed by atoms with Crippen LogP contribution in [0.3, 0.4) is 0 Å². The van der Waals surface area contributed by atoms with Crippen molar-refractivity contribution in [1.82, 2.24) is 15.5 Å². The summed E-state index contributed by atoms with van der Waals surface area (Å²) < 4.78 is 0. The van der Waals surface area contributed by atoms with Crippen LogP contribution in [0.4, 0.5) is 0 Å². The third-order valence-electron chi connectivity index (χ3n) is 3.77. The fourth-order valence-electron chi connectivity index (χ4n) is 2.22. The lowest BCUT2D eigenvalue weighted by Gasteiger charge is -2.14. The minimum absolute atomic E-state index is 0.0943. The first-order valence-corrected chi connectivity index (χ1v) is 8.36. The summed E-state index contributed by atoms with van der Waals surface area (Å²) in [4.78, 5) is 14.3. The summed E-state index contributed by atoms with van der Waals surface area (Å²) in [6.45, 7) is 5.71. The van der Waals surface area contributed by atoms with Crippen LogP contribution < -0.4 is 10.6 Å². The van der Waals surface area contributed by atoms with Crippen molar-refractivity contribution >= 4 is 5.91 Å². The quantitative estimate of drug-likeness (QED) is 0.415. The Morgan fingerprint density at radius 3 is 2.54 bits per heavy atom. The lowest BCUT2D eigenvalue weighted by atomic mass is 10.0. The third-order valence-corrected chi connectivity index (χ3v) is 3.77. The number of nitriles is 1. The van der Waals surface area contributed by atoms with Crippen LogP contribution >= 0.6 is 0 Å². The molecule has 0 saturated heterocycles. The van der Waals surface area contributed by atoms with Gasteiger partial charge in [0.25, 0.3) is 5.91 Å². The summed E-state index contributed by atoms with van der Waals surface area (Å²) in [5, 5.41) is 15.1. The first kappa shape index (κ1) is 19.7. The summed E-state index contributed by atoms with van der Waals surface area (Å²) in [6.07, 6.45) is 3.43. The summed E-state index contributed by atoms with van der Waals surface area (Å²) in [5.74, 6) is -0.357. The van der Waals surface area contributed by atoms with Gasteiger partial charge in [0.2, 0.25) is 0 Å². The highest BCUT2D eigenvalue weighted by Gasteiger charge is 2.13. The maximum absolute atomic E-state index is 12.2. The molecule has 1 aromatic carbocycles. The van der Waals surface area contributed by atoms with Gasteiger partial charge < -0.3 is 15.5 Å². The van der Waals surface area contributed by atoms with Gasteiger partial charge in [-0.15, -0.1) is 0 Å². The molecule has 0 fully saturated rings. The molecule has 0 spiro atoms. The van der Waals surface area contributed by atoms with Crippen molar-refractivity contribution in [3.8, 4) is 6.07 Å². The van der Waals surface area contributed by atoms with Crippen LogP contribution in [0, 0.1) is 11.3 Å². The normalized spacial score (nSPS) is 12.6. The van der Waals surface area contributed by atoms with E-state index in [0.29, 0.717) is 0 Å². The number of rotatable bonds is 9. The number of carbonyl (C=O) groups is 1. The van der Waals surface area contributed by atoms with Gasteiger partial charge in [-0.05, 0) is 51.5 Å². The van der Waals surface area contributed by atoms with Crippen molar-refractivity contribution in [3.63, 3.8) is 0 Å². The van der Waals surface area contributed by atoms with E-state index in [1.165, 1.54) is 11.8 Å². The predicted molar refractivity (Wildman–Crippen MR) is 97.2 cm³/mol. The average molecular weight is 328 g/mol. The molecule has 0 aromatic heterocycles. The molecule has 5 nitrogen and oxygen atoms in total. The molecule has 0 aliphatic carbocycles. The number of hydrogen-bond donors (Lipinski definition) is 2. The maximum Gasteiger partial charge on any atom is 0.263 e. The summed E-state index contributed by atoms with van der Waals surface area (Å²) in [7, 11) is 4.02. The second-order valence-electron chi connectivity index (χ2n) is 6.07. The molecule has 1 unspecified atom stereocenters. The molecule has 1 aromatic rings. The summed E-state index contributed by atoms with van der Waals surface area (Å²) in [6, 6.07) is 9.96. The number of carbonyl (C=O) groups excluding carboxylic acids is 1. The van der Waals surface area contributed by atoms with E-state index >= 15 is 0 Å². The molecular formula is C19H28N4O. The Labute approximate surface area is 145 Å². The Morgan fingerprint density at radius 2 is 2.00 bits per heavy atom. The van der Waals surface area contributed by atoms with Crippen molar-refractivity contribution in [2.45, 2.75) is 32.7 Å². The average Bonchev–Trinajstić information content (AvgIpc) is 2.57. The van der Waals surface area contributed by atoms with Crippen LogP contribution in [-0.4, -0.2) is 38.0 Å². The minimum atomic E-state index is -0.357. The monoisotopic (exact) mass is 328 g/mol. The summed E-state index contributed by atoms with van der Waals surface area (Å²) >= 11 is 0. The fourth-order valence-corrected chi connectivity index (χ4v) is 2.22. The number of nitrogens with one attached hydrogen (secondary N) is 2. The van der Waals surface area contributed by atoms with Gasteiger partial charge >= 0.3 is 0 Å². The molecule has 0 saturated carbocycles. The molecule has 0 heterocycles. The highest BCUT2D eigenvalue weighted by Crippen LogP contribution is 2.14. The zero-order valence-corrected chi connectivity index (χ0v) is 15.1. The van der Waals surface area contributed by atoms with Crippen LogP contribution in [0.25, 0.3) is 0 Å². The SMILES string of the molecule is CCc1ccc(C(C)NC(=O)/C(C#N)=C\NCCCN(C)C)cc1. The van der Waals surface area contributed by atoms with Gasteiger partial charge in [-0.1, -0.05) is 31.2 Å². The Bertz CT molecular complexity index is 584. The fraction of sp³-hybridized carbons (Fsp3) is 0.474. The van der Waals surface area contributed by atoms with E-state index in [0.717, 1.165) is 31.5 Å². The van der Waals surface area contributed by atoms with Gasteiger partial charge in [-0.3, -0.25) is 4.79 Å². The Morgan fingerprint density at radius 1 is 1.33 bits per heavy atom. The van der Waals surface area contributed by atoms with Crippen molar-refractivity contribution in [3.05, 3.63) is 47.2 Å². The van der Waals surface area contributed by atoms with Crippen LogP contribution in [0.1, 0.15) is 37.4 Å². The van der Waals surface area contributed by atoms with Gasteiger partial charge in [-0.25, -0.2) is 0 Å². The highest BCUT2D eigenvalue weighted by molar-refractivity contribution is 5.97. The smallest absolute Gasteiger partial charge is 0.263 e. The number of nitrogens with zero attached hydrogens (tertiary/aromatic N) is 2. The van der Waals surface area contributed by atoms with Crippen molar-refractivity contribution in [2.75, 3.05) is 27.2 Å². The first-order valence-electron chi connectivity index (χ1n) is 8.36. The second kappa shape index (κ2) is 10.5. The lowest BCUT2D eigenvalue weighted by molar-refractivity contribution is -0.117. The van der Waals surface area contributed by atoms with Gasteiger partial charge in [-0.2, -0.15) is 5.26 Å².